The highest BCUT2D eigenvalue weighted by molar-refractivity contribution is 7.92. The minimum absolute atomic E-state index is 0.203. The van der Waals surface area contributed by atoms with Crippen molar-refractivity contribution in [3.8, 4) is 0 Å². The number of hydrogen-bond acceptors (Lipinski definition) is 6. The maximum Gasteiger partial charge on any atom is 0.263 e. The molecule has 7 nitrogen and oxygen atoms in total. The highest BCUT2D eigenvalue weighted by Gasteiger charge is 2.21. The molecule has 1 saturated heterocycles. The molecule has 0 radical (unpaired) electrons. The van der Waals surface area contributed by atoms with Gasteiger partial charge in [-0.1, -0.05) is 30.3 Å². The average molecular weight is 383 g/mol. The van der Waals surface area contributed by atoms with E-state index in [0.29, 0.717) is 22.7 Å². The van der Waals surface area contributed by atoms with E-state index in [-0.39, 0.29) is 4.90 Å². The van der Waals surface area contributed by atoms with E-state index >= 15 is 0 Å². The summed E-state index contributed by atoms with van der Waals surface area (Å²) in [5.41, 5.74) is 0.715. The number of benzene rings is 2. The molecule has 1 aromatic heterocycles. The Morgan fingerprint density at radius 1 is 0.889 bits per heavy atom. The van der Waals surface area contributed by atoms with E-state index in [0.717, 1.165) is 26.2 Å². The molecule has 0 unspecified atom stereocenters. The Labute approximate surface area is 158 Å². The van der Waals surface area contributed by atoms with Gasteiger partial charge in [0.2, 0.25) is 5.95 Å². The molecule has 0 saturated carbocycles. The van der Waals surface area contributed by atoms with Crippen molar-refractivity contribution >= 4 is 32.7 Å². The average Bonchev–Trinajstić information content (AvgIpc) is 2.69. The van der Waals surface area contributed by atoms with Crippen LogP contribution in [0.2, 0.25) is 0 Å². The first-order valence-corrected chi connectivity index (χ1v) is 10.3. The summed E-state index contributed by atoms with van der Waals surface area (Å²) < 4.78 is 28.2. The van der Waals surface area contributed by atoms with Crippen LogP contribution in [0.5, 0.6) is 0 Å². The fourth-order valence-corrected chi connectivity index (χ4v) is 4.12. The Hall–Kier alpha value is -2.71. The molecule has 2 heterocycles. The third kappa shape index (κ3) is 3.72. The van der Waals surface area contributed by atoms with E-state index in [9.17, 15) is 8.42 Å². The normalized spacial score (nSPS) is 15.8. The SMILES string of the molecule is CN1CCN(c2nc(NS(=O)(=O)c3ccccc3)c3ccccc3n2)CC1. The van der Waals surface area contributed by atoms with Crippen molar-refractivity contribution in [2.75, 3.05) is 42.8 Å². The Kier molecular flexibility index (Phi) is 4.67. The molecular weight excluding hydrogens is 362 g/mol. The van der Waals surface area contributed by atoms with Gasteiger partial charge in [-0.25, -0.2) is 13.4 Å². The quantitative estimate of drug-likeness (QED) is 0.744. The van der Waals surface area contributed by atoms with Crippen molar-refractivity contribution in [2.45, 2.75) is 4.90 Å². The number of rotatable bonds is 4. The van der Waals surface area contributed by atoms with Crippen LogP contribution >= 0.6 is 0 Å². The van der Waals surface area contributed by atoms with Gasteiger partial charge in [0.1, 0.15) is 0 Å². The van der Waals surface area contributed by atoms with Gasteiger partial charge in [-0.15, -0.1) is 0 Å². The number of sulfonamides is 1. The molecule has 3 aromatic rings. The van der Waals surface area contributed by atoms with Gasteiger partial charge in [0.25, 0.3) is 10.0 Å². The molecule has 1 aliphatic rings. The van der Waals surface area contributed by atoms with Crippen LogP contribution in [0.3, 0.4) is 0 Å². The van der Waals surface area contributed by atoms with Crippen LogP contribution in [0, 0.1) is 0 Å². The van der Waals surface area contributed by atoms with Gasteiger partial charge in [0.05, 0.1) is 10.4 Å². The van der Waals surface area contributed by atoms with Crippen LogP contribution in [0.4, 0.5) is 11.8 Å². The van der Waals surface area contributed by atoms with Gasteiger partial charge < -0.3 is 9.80 Å². The van der Waals surface area contributed by atoms with Crippen molar-refractivity contribution in [1.82, 2.24) is 14.9 Å². The molecule has 140 valence electrons. The summed E-state index contributed by atoms with van der Waals surface area (Å²) >= 11 is 0. The van der Waals surface area contributed by atoms with Crippen LogP contribution < -0.4 is 9.62 Å². The van der Waals surface area contributed by atoms with Crippen LogP contribution in [-0.2, 0) is 10.0 Å². The first-order chi connectivity index (χ1) is 13.0. The van der Waals surface area contributed by atoms with Gasteiger partial charge in [-0.05, 0) is 31.3 Å². The van der Waals surface area contributed by atoms with E-state index in [1.165, 1.54) is 0 Å². The maximum atomic E-state index is 12.8. The molecule has 1 N–H and O–H groups in total. The number of para-hydroxylation sites is 1. The Morgan fingerprint density at radius 2 is 1.56 bits per heavy atom. The van der Waals surface area contributed by atoms with Crippen LogP contribution in [-0.4, -0.2) is 56.5 Å². The van der Waals surface area contributed by atoms with Gasteiger partial charge >= 0.3 is 0 Å². The highest BCUT2D eigenvalue weighted by atomic mass is 32.2. The second kappa shape index (κ2) is 7.13. The summed E-state index contributed by atoms with van der Waals surface area (Å²) in [6.07, 6.45) is 0. The Bertz CT molecular complexity index is 1050. The Balaban J connectivity index is 1.75. The second-order valence-electron chi connectivity index (χ2n) is 6.60. The molecule has 0 spiro atoms. The molecule has 0 amide bonds. The molecule has 1 fully saturated rings. The fraction of sp³-hybridized carbons (Fsp3) is 0.263. The van der Waals surface area contributed by atoms with Crippen molar-refractivity contribution in [2.24, 2.45) is 0 Å². The lowest BCUT2D eigenvalue weighted by Gasteiger charge is -2.32. The number of nitrogens with zero attached hydrogens (tertiary/aromatic N) is 4. The van der Waals surface area contributed by atoms with E-state index in [1.54, 1.807) is 30.3 Å². The van der Waals surface area contributed by atoms with Crippen molar-refractivity contribution < 1.29 is 8.42 Å². The zero-order valence-electron chi connectivity index (χ0n) is 15.0. The molecule has 27 heavy (non-hydrogen) atoms. The zero-order valence-corrected chi connectivity index (χ0v) is 15.9. The summed E-state index contributed by atoms with van der Waals surface area (Å²) in [5.74, 6) is 0.853. The lowest BCUT2D eigenvalue weighted by molar-refractivity contribution is 0.311. The predicted octanol–water partition coefficient (Wildman–Crippen LogP) is 2.18. The molecule has 4 rings (SSSR count). The molecule has 8 heteroatoms. The smallest absolute Gasteiger partial charge is 0.263 e. The minimum Gasteiger partial charge on any atom is -0.338 e. The lowest BCUT2D eigenvalue weighted by Crippen LogP contribution is -2.45. The van der Waals surface area contributed by atoms with Gasteiger partial charge in [-0.3, -0.25) is 4.72 Å². The standard InChI is InChI=1S/C19H21N5O2S/c1-23-11-13-24(14-12-23)19-20-17-10-6-5-9-16(17)18(21-19)22-27(25,26)15-7-3-2-4-8-15/h2-10H,11-14H2,1H3,(H,20,21,22). The lowest BCUT2D eigenvalue weighted by atomic mass is 10.2. The number of hydrogen-bond donors (Lipinski definition) is 1. The number of nitrogens with one attached hydrogen (secondary N) is 1. The van der Waals surface area contributed by atoms with Crippen LogP contribution in [0.25, 0.3) is 10.9 Å². The number of likely N-dealkylation sites (N-methyl/N-ethyl adjacent to an activating group) is 1. The predicted molar refractivity (Wildman–Crippen MR) is 106 cm³/mol. The third-order valence-electron chi connectivity index (χ3n) is 4.66. The van der Waals surface area contributed by atoms with E-state index in [4.69, 9.17) is 0 Å². The third-order valence-corrected chi connectivity index (χ3v) is 6.02. The number of piperazine rings is 1. The number of aromatic nitrogens is 2. The molecular formula is C19H21N5O2S. The molecule has 0 bridgehead atoms. The first-order valence-electron chi connectivity index (χ1n) is 8.81. The van der Waals surface area contributed by atoms with Crippen LogP contribution in [0.15, 0.2) is 59.5 Å². The largest absolute Gasteiger partial charge is 0.338 e. The maximum absolute atomic E-state index is 12.8. The van der Waals surface area contributed by atoms with Crippen molar-refractivity contribution in [1.29, 1.82) is 0 Å². The Morgan fingerprint density at radius 3 is 2.30 bits per heavy atom. The summed E-state index contributed by atoms with van der Waals surface area (Å²) in [6.45, 7) is 3.45. The molecule has 1 aliphatic heterocycles. The van der Waals surface area contributed by atoms with Crippen LogP contribution in [0.1, 0.15) is 0 Å². The second-order valence-corrected chi connectivity index (χ2v) is 8.28. The molecule has 0 atom stereocenters. The van der Waals surface area contributed by atoms with Gasteiger partial charge in [-0.2, -0.15) is 4.98 Å². The van der Waals surface area contributed by atoms with Gasteiger partial charge in [0.15, 0.2) is 5.82 Å². The topological polar surface area (TPSA) is 78.4 Å². The monoisotopic (exact) mass is 383 g/mol. The van der Waals surface area contributed by atoms with E-state index < -0.39 is 10.0 Å². The van der Waals surface area contributed by atoms with E-state index in [2.05, 4.69) is 31.5 Å². The first kappa shape index (κ1) is 17.7. The molecule has 0 aliphatic carbocycles. The summed E-state index contributed by atoms with van der Waals surface area (Å²) in [7, 11) is -1.65. The number of anilines is 2. The zero-order chi connectivity index (χ0) is 18.9. The van der Waals surface area contributed by atoms with Crippen molar-refractivity contribution in [3.63, 3.8) is 0 Å². The number of fused-ring (bicyclic) bond motifs is 1. The summed E-state index contributed by atoms with van der Waals surface area (Å²) in [6, 6.07) is 15.7. The molecule has 2 aromatic carbocycles. The summed E-state index contributed by atoms with van der Waals surface area (Å²) in [4.78, 5) is 13.8. The van der Waals surface area contributed by atoms with E-state index in [1.807, 2.05) is 24.3 Å². The van der Waals surface area contributed by atoms with Gasteiger partial charge in [0, 0.05) is 31.6 Å². The fourth-order valence-electron chi connectivity index (χ4n) is 3.08. The minimum atomic E-state index is -3.73. The van der Waals surface area contributed by atoms with Crippen molar-refractivity contribution in [3.05, 3.63) is 54.6 Å². The highest BCUT2D eigenvalue weighted by Crippen LogP contribution is 2.26. The summed E-state index contributed by atoms with van der Waals surface area (Å²) in [5, 5.41) is 0.676.